The average molecular weight is 275 g/mol. The first kappa shape index (κ1) is 13.9. The predicted molar refractivity (Wildman–Crippen MR) is 71.7 cm³/mol. The molecule has 0 bridgehead atoms. The van der Waals surface area contributed by atoms with Crippen LogP contribution < -0.4 is 5.32 Å². The monoisotopic (exact) mass is 275 g/mol. The van der Waals surface area contributed by atoms with Gasteiger partial charge in [0.25, 0.3) is 5.91 Å². The first-order valence-electron chi connectivity index (χ1n) is 6.03. The van der Waals surface area contributed by atoms with Crippen LogP contribution in [0.5, 0.6) is 0 Å². The van der Waals surface area contributed by atoms with Gasteiger partial charge in [-0.1, -0.05) is 0 Å². The van der Waals surface area contributed by atoms with Gasteiger partial charge in [-0.25, -0.2) is 9.07 Å². The van der Waals surface area contributed by atoms with E-state index in [4.69, 9.17) is 0 Å². The number of hydrogen-bond acceptors (Lipinski definition) is 3. The number of aryl methyl sites for hydroxylation is 1. The van der Waals surface area contributed by atoms with Crippen LogP contribution >= 0.6 is 0 Å². The van der Waals surface area contributed by atoms with Crippen LogP contribution in [0.25, 0.3) is 5.69 Å². The molecule has 5 nitrogen and oxygen atoms in total. The molecule has 1 aromatic carbocycles. The van der Waals surface area contributed by atoms with Crippen LogP contribution in [-0.2, 0) is 0 Å². The summed E-state index contributed by atoms with van der Waals surface area (Å²) in [6.45, 7) is 2.96. The Labute approximate surface area is 115 Å². The number of carbonyl (C=O) groups is 2. The van der Waals surface area contributed by atoms with E-state index < -0.39 is 5.82 Å². The van der Waals surface area contributed by atoms with E-state index in [1.165, 1.54) is 36.9 Å². The van der Waals surface area contributed by atoms with Gasteiger partial charge in [0.15, 0.2) is 11.5 Å². The van der Waals surface area contributed by atoms with E-state index in [9.17, 15) is 14.0 Å². The predicted octanol–water partition coefficient (Wildman–Crippen LogP) is 1.88. The van der Waals surface area contributed by atoms with E-state index in [0.29, 0.717) is 11.3 Å². The number of nitrogens with one attached hydrogen (secondary N) is 1. The number of halogens is 1. The molecule has 0 aliphatic rings. The van der Waals surface area contributed by atoms with Gasteiger partial charge in [-0.2, -0.15) is 5.10 Å². The molecule has 0 saturated carbocycles. The molecule has 0 aliphatic heterocycles. The van der Waals surface area contributed by atoms with Crippen LogP contribution in [0, 0.1) is 12.7 Å². The largest absolute Gasteiger partial charge is 0.354 e. The number of aromatic nitrogens is 2. The van der Waals surface area contributed by atoms with Crippen molar-refractivity contribution < 1.29 is 14.0 Å². The van der Waals surface area contributed by atoms with Gasteiger partial charge in [-0.3, -0.25) is 9.59 Å². The minimum absolute atomic E-state index is 0.222. The Balaban J connectivity index is 2.57. The second-order valence-corrected chi connectivity index (χ2v) is 4.40. The number of ketones is 1. The number of carbonyl (C=O) groups excluding carboxylic acids is 2. The smallest absolute Gasteiger partial charge is 0.271 e. The van der Waals surface area contributed by atoms with Crippen molar-refractivity contribution in [3.63, 3.8) is 0 Å². The molecule has 2 aromatic rings. The molecule has 1 aromatic heterocycles. The Morgan fingerprint density at radius 1 is 1.35 bits per heavy atom. The minimum atomic E-state index is -0.447. The Morgan fingerprint density at radius 2 is 2.05 bits per heavy atom. The van der Waals surface area contributed by atoms with Crippen molar-refractivity contribution in [2.24, 2.45) is 0 Å². The van der Waals surface area contributed by atoms with Gasteiger partial charge in [0, 0.05) is 18.8 Å². The highest BCUT2D eigenvalue weighted by molar-refractivity contribution is 5.98. The maximum Gasteiger partial charge on any atom is 0.271 e. The van der Waals surface area contributed by atoms with Crippen molar-refractivity contribution in [1.29, 1.82) is 0 Å². The summed E-state index contributed by atoms with van der Waals surface area (Å²) in [7, 11) is 1.50. The second-order valence-electron chi connectivity index (χ2n) is 4.40. The molecule has 1 heterocycles. The lowest BCUT2D eigenvalue weighted by molar-refractivity contribution is 0.0957. The molecule has 1 N–H and O–H groups in total. The van der Waals surface area contributed by atoms with Gasteiger partial charge >= 0.3 is 0 Å². The summed E-state index contributed by atoms with van der Waals surface area (Å²) in [6.07, 6.45) is 1.56. The molecule has 0 unspecified atom stereocenters. The molecule has 0 spiro atoms. The number of Topliss-reactive ketones (excluding diaryl/α,β-unsaturated/α-hetero) is 1. The molecule has 2 rings (SSSR count). The van der Waals surface area contributed by atoms with Gasteiger partial charge < -0.3 is 5.32 Å². The highest BCUT2D eigenvalue weighted by atomic mass is 19.1. The standard InChI is InChI=1S/C14H14FN3O2/c1-8-6-13(10(9(2)19)7-11(8)15)18-5-4-12(17-18)14(20)16-3/h4-7H,1-3H3,(H,16,20). The molecule has 6 heteroatoms. The van der Waals surface area contributed by atoms with Crippen LogP contribution in [0.1, 0.15) is 33.3 Å². The van der Waals surface area contributed by atoms with Crippen molar-refractivity contribution in [2.75, 3.05) is 7.05 Å². The van der Waals surface area contributed by atoms with Gasteiger partial charge in [0.2, 0.25) is 0 Å². The van der Waals surface area contributed by atoms with E-state index in [1.54, 1.807) is 13.1 Å². The quantitative estimate of drug-likeness (QED) is 0.870. The second kappa shape index (κ2) is 5.24. The third-order valence-electron chi connectivity index (χ3n) is 2.95. The number of amides is 1. The lowest BCUT2D eigenvalue weighted by Crippen LogP contribution is -2.18. The summed E-state index contributed by atoms with van der Waals surface area (Å²) in [6, 6.07) is 4.25. The summed E-state index contributed by atoms with van der Waals surface area (Å²) >= 11 is 0. The molecule has 0 aliphatic carbocycles. The van der Waals surface area contributed by atoms with Crippen molar-refractivity contribution in [1.82, 2.24) is 15.1 Å². The molecular weight excluding hydrogens is 261 g/mol. The summed E-state index contributed by atoms with van der Waals surface area (Å²) in [5, 5.41) is 6.56. The fourth-order valence-electron chi connectivity index (χ4n) is 1.85. The van der Waals surface area contributed by atoms with E-state index in [2.05, 4.69) is 10.4 Å². The summed E-state index contributed by atoms with van der Waals surface area (Å²) in [5.74, 6) is -1.04. The van der Waals surface area contributed by atoms with Crippen LogP contribution in [0.15, 0.2) is 24.4 Å². The minimum Gasteiger partial charge on any atom is -0.354 e. The number of nitrogens with zero attached hydrogens (tertiary/aromatic N) is 2. The summed E-state index contributed by atoms with van der Waals surface area (Å²) < 4.78 is 15.0. The SMILES string of the molecule is CNC(=O)c1ccn(-c2cc(C)c(F)cc2C(C)=O)n1. The first-order valence-corrected chi connectivity index (χ1v) is 6.03. The van der Waals surface area contributed by atoms with Crippen LogP contribution in [0.4, 0.5) is 4.39 Å². The number of hydrogen-bond donors (Lipinski definition) is 1. The molecule has 0 atom stereocenters. The lowest BCUT2D eigenvalue weighted by Gasteiger charge is -2.09. The Kier molecular flexibility index (Phi) is 3.65. The average Bonchev–Trinajstić information content (AvgIpc) is 2.89. The number of benzene rings is 1. The van der Waals surface area contributed by atoms with Gasteiger partial charge in [-0.05, 0) is 37.6 Å². The van der Waals surface area contributed by atoms with Crippen LogP contribution in [-0.4, -0.2) is 28.5 Å². The van der Waals surface area contributed by atoms with Crippen LogP contribution in [0.2, 0.25) is 0 Å². The third-order valence-corrected chi connectivity index (χ3v) is 2.95. The molecule has 0 fully saturated rings. The van der Waals surface area contributed by atoms with Crippen molar-refractivity contribution in [2.45, 2.75) is 13.8 Å². The summed E-state index contributed by atoms with van der Waals surface area (Å²) in [5.41, 5.74) is 1.30. The highest BCUT2D eigenvalue weighted by Gasteiger charge is 2.15. The molecular formula is C14H14FN3O2. The van der Waals surface area contributed by atoms with Crippen molar-refractivity contribution in [3.8, 4) is 5.69 Å². The van der Waals surface area contributed by atoms with Crippen molar-refractivity contribution in [3.05, 3.63) is 47.0 Å². The zero-order valence-corrected chi connectivity index (χ0v) is 11.4. The highest BCUT2D eigenvalue weighted by Crippen LogP contribution is 2.20. The molecule has 0 radical (unpaired) electrons. The summed E-state index contributed by atoms with van der Waals surface area (Å²) in [4.78, 5) is 23.1. The zero-order valence-electron chi connectivity index (χ0n) is 11.4. The first-order chi connectivity index (χ1) is 9.43. The van der Waals surface area contributed by atoms with Crippen molar-refractivity contribution >= 4 is 11.7 Å². The fraction of sp³-hybridized carbons (Fsp3) is 0.214. The van der Waals surface area contributed by atoms with E-state index in [-0.39, 0.29) is 22.9 Å². The third kappa shape index (κ3) is 2.45. The van der Waals surface area contributed by atoms with E-state index in [0.717, 1.165) is 0 Å². The van der Waals surface area contributed by atoms with Gasteiger partial charge in [-0.15, -0.1) is 0 Å². The lowest BCUT2D eigenvalue weighted by atomic mass is 10.1. The maximum absolute atomic E-state index is 13.6. The Hall–Kier alpha value is -2.50. The maximum atomic E-state index is 13.6. The number of rotatable bonds is 3. The van der Waals surface area contributed by atoms with Gasteiger partial charge in [0.1, 0.15) is 5.82 Å². The zero-order chi connectivity index (χ0) is 14.9. The molecule has 0 saturated heterocycles. The van der Waals surface area contributed by atoms with Crippen LogP contribution in [0.3, 0.4) is 0 Å². The Morgan fingerprint density at radius 3 is 2.65 bits per heavy atom. The topological polar surface area (TPSA) is 64.0 Å². The molecule has 1 amide bonds. The Bertz CT molecular complexity index is 692. The molecule has 20 heavy (non-hydrogen) atoms. The van der Waals surface area contributed by atoms with Gasteiger partial charge in [0.05, 0.1) is 5.69 Å². The fourth-order valence-corrected chi connectivity index (χ4v) is 1.85. The van der Waals surface area contributed by atoms with E-state index in [1.807, 2.05) is 0 Å². The normalized spacial score (nSPS) is 10.4. The molecule has 104 valence electrons. The van der Waals surface area contributed by atoms with E-state index >= 15 is 0 Å².